The molecule has 7 nitrogen and oxygen atoms in total. The minimum atomic E-state index is -3.88. The molecule has 0 saturated heterocycles. The van der Waals surface area contributed by atoms with Gasteiger partial charge in [0.25, 0.3) is 10.0 Å². The van der Waals surface area contributed by atoms with Crippen LogP contribution in [0.25, 0.3) is 0 Å². The molecule has 0 saturated carbocycles. The van der Waals surface area contributed by atoms with Crippen molar-refractivity contribution in [2.75, 3.05) is 18.0 Å². The van der Waals surface area contributed by atoms with E-state index in [0.29, 0.717) is 22.7 Å². The number of benzene rings is 2. The van der Waals surface area contributed by atoms with Gasteiger partial charge in [0.2, 0.25) is 0 Å². The van der Waals surface area contributed by atoms with E-state index >= 15 is 0 Å². The molecule has 30 heavy (non-hydrogen) atoms. The van der Waals surface area contributed by atoms with Crippen LogP contribution in [0, 0.1) is 6.92 Å². The van der Waals surface area contributed by atoms with Crippen molar-refractivity contribution >= 4 is 21.7 Å². The average Bonchev–Trinajstić information content (AvgIpc) is 2.75. The Hall–Kier alpha value is -3.39. The van der Waals surface area contributed by atoms with Gasteiger partial charge in [-0.1, -0.05) is 6.07 Å². The van der Waals surface area contributed by atoms with E-state index in [1.807, 2.05) is 0 Å². The minimum absolute atomic E-state index is 0.0208. The SMILES string of the molecule is CCN(c1ccc(Oc2ccncc2)cc1)S(=O)(=O)c1ccc(C)c(C(=O)OC)c1. The van der Waals surface area contributed by atoms with Crippen molar-refractivity contribution in [3.63, 3.8) is 0 Å². The molecule has 0 aliphatic rings. The van der Waals surface area contributed by atoms with Crippen LogP contribution in [-0.4, -0.2) is 33.0 Å². The number of nitrogens with zero attached hydrogens (tertiary/aromatic N) is 2. The molecule has 0 spiro atoms. The molecular formula is C22H22N2O5S. The van der Waals surface area contributed by atoms with Gasteiger partial charge in [-0.15, -0.1) is 0 Å². The number of methoxy groups -OCH3 is 1. The number of hydrogen-bond acceptors (Lipinski definition) is 6. The number of anilines is 1. The number of rotatable bonds is 7. The van der Waals surface area contributed by atoms with Gasteiger partial charge in [-0.3, -0.25) is 9.29 Å². The van der Waals surface area contributed by atoms with Crippen molar-refractivity contribution in [2.24, 2.45) is 0 Å². The summed E-state index contributed by atoms with van der Waals surface area (Å²) >= 11 is 0. The standard InChI is InChI=1S/C22H22N2O5S/c1-4-24(17-6-8-18(9-7-17)29-19-11-13-23-14-12-19)30(26,27)20-10-5-16(2)21(15-20)22(25)28-3/h5-15H,4H2,1-3H3. The van der Waals surface area contributed by atoms with Crippen molar-refractivity contribution in [2.45, 2.75) is 18.7 Å². The van der Waals surface area contributed by atoms with Crippen LogP contribution in [-0.2, 0) is 14.8 Å². The largest absolute Gasteiger partial charge is 0.465 e. The van der Waals surface area contributed by atoms with E-state index in [9.17, 15) is 13.2 Å². The van der Waals surface area contributed by atoms with E-state index < -0.39 is 16.0 Å². The second-order valence-electron chi connectivity index (χ2n) is 6.42. The molecule has 0 bridgehead atoms. The molecule has 0 fully saturated rings. The molecule has 1 heterocycles. The molecule has 8 heteroatoms. The Morgan fingerprint density at radius 1 is 1.00 bits per heavy atom. The van der Waals surface area contributed by atoms with Crippen LogP contribution >= 0.6 is 0 Å². The lowest BCUT2D eigenvalue weighted by atomic mass is 10.1. The van der Waals surface area contributed by atoms with Crippen molar-refractivity contribution in [1.82, 2.24) is 4.98 Å². The molecular weight excluding hydrogens is 404 g/mol. The lowest BCUT2D eigenvalue weighted by molar-refractivity contribution is 0.0599. The number of hydrogen-bond donors (Lipinski definition) is 0. The van der Waals surface area contributed by atoms with E-state index in [-0.39, 0.29) is 17.0 Å². The number of aryl methyl sites for hydroxylation is 1. The first-order valence-electron chi connectivity index (χ1n) is 9.26. The number of pyridine rings is 1. The molecule has 156 valence electrons. The Morgan fingerprint density at radius 2 is 1.63 bits per heavy atom. The highest BCUT2D eigenvalue weighted by atomic mass is 32.2. The predicted octanol–water partition coefficient (Wildman–Crippen LogP) is 4.18. The molecule has 0 atom stereocenters. The Labute approximate surface area is 175 Å². The highest BCUT2D eigenvalue weighted by Crippen LogP contribution is 2.28. The second kappa shape index (κ2) is 8.96. The number of carbonyl (C=O) groups is 1. The number of aromatic nitrogens is 1. The van der Waals surface area contributed by atoms with Crippen molar-refractivity contribution in [3.8, 4) is 11.5 Å². The van der Waals surface area contributed by atoms with Crippen LogP contribution in [0.2, 0.25) is 0 Å². The lowest BCUT2D eigenvalue weighted by Gasteiger charge is -2.23. The summed E-state index contributed by atoms with van der Waals surface area (Å²) < 4.78 is 38.3. The highest BCUT2D eigenvalue weighted by Gasteiger charge is 2.25. The van der Waals surface area contributed by atoms with E-state index in [0.717, 1.165) is 0 Å². The molecule has 0 aliphatic heterocycles. The third-order valence-corrected chi connectivity index (χ3v) is 6.40. The number of esters is 1. The van der Waals surface area contributed by atoms with Gasteiger partial charge in [0.1, 0.15) is 11.5 Å². The van der Waals surface area contributed by atoms with Gasteiger partial charge in [-0.25, -0.2) is 13.2 Å². The van der Waals surface area contributed by atoms with Crippen LogP contribution in [0.4, 0.5) is 5.69 Å². The smallest absolute Gasteiger partial charge is 0.338 e. The van der Waals surface area contributed by atoms with Gasteiger partial charge in [0.15, 0.2) is 0 Å². The molecule has 0 N–H and O–H groups in total. The van der Waals surface area contributed by atoms with Gasteiger partial charge in [-0.2, -0.15) is 0 Å². The molecule has 3 rings (SSSR count). The van der Waals surface area contributed by atoms with E-state index in [4.69, 9.17) is 9.47 Å². The van der Waals surface area contributed by atoms with Crippen LogP contribution in [0.5, 0.6) is 11.5 Å². The summed E-state index contributed by atoms with van der Waals surface area (Å²) in [7, 11) is -2.62. The number of ether oxygens (including phenoxy) is 2. The molecule has 3 aromatic rings. The maximum absolute atomic E-state index is 13.2. The van der Waals surface area contributed by atoms with Crippen molar-refractivity contribution in [3.05, 3.63) is 78.1 Å². The van der Waals surface area contributed by atoms with Gasteiger partial charge in [0, 0.05) is 18.9 Å². The van der Waals surface area contributed by atoms with Crippen molar-refractivity contribution in [1.29, 1.82) is 0 Å². The molecule has 0 unspecified atom stereocenters. The molecule has 0 amide bonds. The fourth-order valence-electron chi connectivity index (χ4n) is 2.93. The number of carbonyl (C=O) groups excluding carboxylic acids is 1. The quantitative estimate of drug-likeness (QED) is 0.527. The Morgan fingerprint density at radius 3 is 2.23 bits per heavy atom. The third-order valence-electron chi connectivity index (χ3n) is 4.50. The van der Waals surface area contributed by atoms with Gasteiger partial charge in [0.05, 0.1) is 23.3 Å². The van der Waals surface area contributed by atoms with Gasteiger partial charge >= 0.3 is 5.97 Å². The van der Waals surface area contributed by atoms with Crippen LogP contribution in [0.15, 0.2) is 71.9 Å². The zero-order chi connectivity index (χ0) is 21.7. The topological polar surface area (TPSA) is 85.8 Å². The normalized spacial score (nSPS) is 11.0. The first-order valence-corrected chi connectivity index (χ1v) is 10.7. The zero-order valence-electron chi connectivity index (χ0n) is 16.9. The summed E-state index contributed by atoms with van der Waals surface area (Å²) in [5.41, 5.74) is 1.34. The Kier molecular flexibility index (Phi) is 6.37. The summed E-state index contributed by atoms with van der Waals surface area (Å²) in [4.78, 5) is 15.9. The zero-order valence-corrected chi connectivity index (χ0v) is 17.7. The fourth-order valence-corrected chi connectivity index (χ4v) is 4.43. The third kappa shape index (κ3) is 4.44. The monoisotopic (exact) mass is 426 g/mol. The first-order chi connectivity index (χ1) is 14.4. The second-order valence-corrected chi connectivity index (χ2v) is 8.28. The molecule has 0 radical (unpaired) electrons. The highest BCUT2D eigenvalue weighted by molar-refractivity contribution is 7.92. The summed E-state index contributed by atoms with van der Waals surface area (Å²) in [5, 5.41) is 0. The summed E-state index contributed by atoms with van der Waals surface area (Å²) in [6.45, 7) is 3.68. The Bertz CT molecular complexity index is 1130. The fraction of sp³-hybridized carbons (Fsp3) is 0.182. The van der Waals surface area contributed by atoms with E-state index in [2.05, 4.69) is 4.98 Å². The summed E-state index contributed by atoms with van der Waals surface area (Å²) in [6.07, 6.45) is 3.25. The lowest BCUT2D eigenvalue weighted by Crippen LogP contribution is -2.31. The van der Waals surface area contributed by atoms with Crippen molar-refractivity contribution < 1.29 is 22.7 Å². The predicted molar refractivity (Wildman–Crippen MR) is 113 cm³/mol. The first kappa shape index (κ1) is 21.3. The maximum atomic E-state index is 13.2. The number of sulfonamides is 1. The van der Waals surface area contributed by atoms with E-state index in [1.165, 1.54) is 23.5 Å². The van der Waals surface area contributed by atoms with Crippen LogP contribution in [0.1, 0.15) is 22.8 Å². The summed E-state index contributed by atoms with van der Waals surface area (Å²) in [6, 6.07) is 14.6. The molecule has 1 aromatic heterocycles. The molecule has 2 aromatic carbocycles. The van der Waals surface area contributed by atoms with Gasteiger partial charge < -0.3 is 9.47 Å². The van der Waals surface area contributed by atoms with Crippen LogP contribution in [0.3, 0.4) is 0 Å². The molecule has 0 aliphatic carbocycles. The maximum Gasteiger partial charge on any atom is 0.338 e. The Balaban J connectivity index is 1.90. The van der Waals surface area contributed by atoms with E-state index in [1.54, 1.807) is 68.7 Å². The van der Waals surface area contributed by atoms with Crippen LogP contribution < -0.4 is 9.04 Å². The minimum Gasteiger partial charge on any atom is -0.465 e. The average molecular weight is 426 g/mol. The van der Waals surface area contributed by atoms with Gasteiger partial charge in [-0.05, 0) is 67.9 Å². The summed E-state index contributed by atoms with van der Waals surface area (Å²) in [5.74, 6) is 0.625.